The van der Waals surface area contributed by atoms with E-state index in [1.54, 1.807) is 24.3 Å². The SMILES string of the molecule is CC(CO)(NC(=O)Cc1ccc(NC(=O)OCC2c3ccccc3-c3ccccc32)cc1)C(=O)O. The molecule has 180 valence electrons. The monoisotopic (exact) mass is 474 g/mol. The number of aliphatic hydroxyl groups excluding tert-OH is 1. The number of carbonyl (C=O) groups excluding carboxylic acids is 2. The number of carbonyl (C=O) groups is 3. The molecule has 0 radical (unpaired) electrons. The van der Waals surface area contributed by atoms with Gasteiger partial charge < -0.3 is 20.3 Å². The van der Waals surface area contributed by atoms with Gasteiger partial charge in [0.15, 0.2) is 5.54 Å². The first-order valence-electron chi connectivity index (χ1n) is 11.2. The zero-order valence-electron chi connectivity index (χ0n) is 19.2. The minimum atomic E-state index is -1.75. The molecule has 4 N–H and O–H groups in total. The van der Waals surface area contributed by atoms with Gasteiger partial charge >= 0.3 is 12.1 Å². The van der Waals surface area contributed by atoms with Crippen LogP contribution in [0, 0.1) is 0 Å². The number of ether oxygens (including phenoxy) is 1. The Bertz CT molecular complexity index is 1210. The largest absolute Gasteiger partial charge is 0.479 e. The third-order valence-electron chi connectivity index (χ3n) is 6.11. The second kappa shape index (κ2) is 9.99. The zero-order valence-corrected chi connectivity index (χ0v) is 19.2. The van der Waals surface area contributed by atoms with Crippen molar-refractivity contribution >= 4 is 23.7 Å². The number of fused-ring (bicyclic) bond motifs is 3. The lowest BCUT2D eigenvalue weighted by Gasteiger charge is -2.23. The average molecular weight is 475 g/mol. The smallest absolute Gasteiger partial charge is 0.411 e. The van der Waals surface area contributed by atoms with Crippen molar-refractivity contribution in [1.29, 1.82) is 0 Å². The van der Waals surface area contributed by atoms with Crippen LogP contribution in [0.4, 0.5) is 10.5 Å². The second-order valence-corrected chi connectivity index (χ2v) is 8.67. The molecule has 0 aromatic heterocycles. The molecular weight excluding hydrogens is 448 g/mol. The second-order valence-electron chi connectivity index (χ2n) is 8.67. The standard InChI is InChI=1S/C27H26N2O6/c1-27(16-30,25(32)33)29-24(31)14-17-10-12-18(13-11-17)28-26(34)35-15-23-21-8-4-2-6-19(21)20-7-3-5-9-22(20)23/h2-13,23,30H,14-16H2,1H3,(H,28,34)(H,29,31)(H,32,33). The number of carboxylic acids is 1. The third-order valence-corrected chi connectivity index (χ3v) is 6.11. The fourth-order valence-electron chi connectivity index (χ4n) is 4.16. The van der Waals surface area contributed by atoms with Crippen LogP contribution in [0.1, 0.15) is 29.5 Å². The number of amides is 2. The average Bonchev–Trinajstić information content (AvgIpc) is 3.17. The Kier molecular flexibility index (Phi) is 6.84. The molecule has 3 aromatic carbocycles. The zero-order chi connectivity index (χ0) is 25.0. The maximum Gasteiger partial charge on any atom is 0.411 e. The van der Waals surface area contributed by atoms with Gasteiger partial charge in [0.25, 0.3) is 0 Å². The van der Waals surface area contributed by atoms with Crippen molar-refractivity contribution in [1.82, 2.24) is 5.32 Å². The Morgan fingerprint density at radius 3 is 2.03 bits per heavy atom. The Morgan fingerprint density at radius 1 is 0.914 bits per heavy atom. The lowest BCUT2D eigenvalue weighted by molar-refractivity contribution is -0.148. The number of hydrogen-bond acceptors (Lipinski definition) is 5. The van der Waals surface area contributed by atoms with Gasteiger partial charge in [-0.25, -0.2) is 9.59 Å². The van der Waals surface area contributed by atoms with Gasteiger partial charge in [-0.1, -0.05) is 60.7 Å². The molecule has 1 atom stereocenters. The number of nitrogens with one attached hydrogen (secondary N) is 2. The molecule has 0 heterocycles. The normalized spacial score (nSPS) is 13.8. The van der Waals surface area contributed by atoms with Crippen LogP contribution in [-0.4, -0.2) is 46.9 Å². The highest BCUT2D eigenvalue weighted by atomic mass is 16.5. The first kappa shape index (κ1) is 24.0. The Morgan fingerprint density at radius 2 is 1.49 bits per heavy atom. The minimum absolute atomic E-state index is 0.0375. The summed E-state index contributed by atoms with van der Waals surface area (Å²) >= 11 is 0. The van der Waals surface area contributed by atoms with E-state index in [1.165, 1.54) is 6.92 Å². The minimum Gasteiger partial charge on any atom is -0.479 e. The first-order valence-corrected chi connectivity index (χ1v) is 11.2. The molecule has 0 bridgehead atoms. The Labute approximate surface area is 202 Å². The quantitative estimate of drug-likeness (QED) is 0.396. The van der Waals surface area contributed by atoms with Crippen LogP contribution in [0.5, 0.6) is 0 Å². The van der Waals surface area contributed by atoms with Crippen LogP contribution in [0.25, 0.3) is 11.1 Å². The first-order chi connectivity index (χ1) is 16.8. The Balaban J connectivity index is 1.33. The van der Waals surface area contributed by atoms with Crippen molar-refractivity contribution in [2.45, 2.75) is 24.8 Å². The van der Waals surface area contributed by atoms with Gasteiger partial charge in [-0.05, 0) is 46.9 Å². The lowest BCUT2D eigenvalue weighted by atomic mass is 9.98. The van der Waals surface area contributed by atoms with Crippen LogP contribution in [0.3, 0.4) is 0 Å². The number of hydrogen-bond donors (Lipinski definition) is 4. The summed E-state index contributed by atoms with van der Waals surface area (Å²) in [5.41, 5.74) is 3.93. The van der Waals surface area contributed by atoms with E-state index in [2.05, 4.69) is 34.9 Å². The van der Waals surface area contributed by atoms with Crippen molar-refractivity contribution in [3.8, 4) is 11.1 Å². The summed E-state index contributed by atoms with van der Waals surface area (Å²) in [5.74, 6) is -1.90. The molecular formula is C27H26N2O6. The molecule has 1 unspecified atom stereocenters. The molecule has 0 saturated carbocycles. The van der Waals surface area contributed by atoms with Gasteiger partial charge in [0, 0.05) is 11.6 Å². The van der Waals surface area contributed by atoms with Crippen molar-refractivity contribution in [3.05, 3.63) is 89.5 Å². The highest BCUT2D eigenvalue weighted by molar-refractivity contribution is 5.88. The topological polar surface area (TPSA) is 125 Å². The number of benzene rings is 3. The lowest BCUT2D eigenvalue weighted by Crippen LogP contribution is -2.55. The van der Waals surface area contributed by atoms with Gasteiger partial charge in [-0.3, -0.25) is 10.1 Å². The molecule has 4 rings (SSSR count). The van der Waals surface area contributed by atoms with E-state index in [0.717, 1.165) is 22.3 Å². The summed E-state index contributed by atoms with van der Waals surface area (Å²) in [6, 6.07) is 22.8. The molecule has 8 heteroatoms. The molecule has 2 amide bonds. The number of aliphatic hydroxyl groups is 1. The van der Waals surface area contributed by atoms with Gasteiger partial charge in [0.1, 0.15) is 6.61 Å². The van der Waals surface area contributed by atoms with E-state index in [1.807, 2.05) is 24.3 Å². The van der Waals surface area contributed by atoms with E-state index < -0.39 is 30.1 Å². The van der Waals surface area contributed by atoms with E-state index >= 15 is 0 Å². The highest BCUT2D eigenvalue weighted by Crippen LogP contribution is 2.44. The molecule has 3 aromatic rings. The molecule has 8 nitrogen and oxygen atoms in total. The predicted molar refractivity (Wildman–Crippen MR) is 130 cm³/mol. The highest BCUT2D eigenvalue weighted by Gasteiger charge is 2.34. The van der Waals surface area contributed by atoms with E-state index in [4.69, 9.17) is 9.84 Å². The van der Waals surface area contributed by atoms with Gasteiger partial charge in [0.2, 0.25) is 5.91 Å². The van der Waals surface area contributed by atoms with E-state index in [-0.39, 0.29) is 18.9 Å². The van der Waals surface area contributed by atoms with Gasteiger partial charge in [-0.2, -0.15) is 0 Å². The van der Waals surface area contributed by atoms with Crippen LogP contribution in [0.15, 0.2) is 72.8 Å². The van der Waals surface area contributed by atoms with Crippen molar-refractivity contribution < 1.29 is 29.3 Å². The third kappa shape index (κ3) is 5.17. The van der Waals surface area contributed by atoms with E-state index in [9.17, 15) is 19.5 Å². The number of rotatable bonds is 8. The van der Waals surface area contributed by atoms with Crippen LogP contribution >= 0.6 is 0 Å². The number of carboxylic acid groups (broad SMARTS) is 1. The maximum atomic E-state index is 12.4. The Hall–Kier alpha value is -4.17. The molecule has 0 fully saturated rings. The molecule has 35 heavy (non-hydrogen) atoms. The fourth-order valence-corrected chi connectivity index (χ4v) is 4.16. The number of aliphatic carboxylic acids is 1. The summed E-state index contributed by atoms with van der Waals surface area (Å²) in [6.45, 7) is 0.705. The van der Waals surface area contributed by atoms with Gasteiger partial charge in [0.05, 0.1) is 13.0 Å². The molecule has 0 saturated heterocycles. The van der Waals surface area contributed by atoms with Crippen LogP contribution in [0.2, 0.25) is 0 Å². The number of anilines is 1. The molecule has 0 aliphatic heterocycles. The fraction of sp³-hybridized carbons (Fsp3) is 0.222. The van der Waals surface area contributed by atoms with E-state index in [0.29, 0.717) is 11.3 Å². The van der Waals surface area contributed by atoms with Crippen LogP contribution < -0.4 is 10.6 Å². The molecule has 0 spiro atoms. The summed E-state index contributed by atoms with van der Waals surface area (Å²) in [4.78, 5) is 35.8. The molecule has 1 aliphatic carbocycles. The van der Waals surface area contributed by atoms with Gasteiger partial charge in [-0.15, -0.1) is 0 Å². The maximum absolute atomic E-state index is 12.4. The van der Waals surface area contributed by atoms with Crippen molar-refractivity contribution in [3.63, 3.8) is 0 Å². The van der Waals surface area contributed by atoms with Crippen LogP contribution in [-0.2, 0) is 20.7 Å². The molecule has 1 aliphatic rings. The van der Waals surface area contributed by atoms with Crippen molar-refractivity contribution in [2.75, 3.05) is 18.5 Å². The summed E-state index contributed by atoms with van der Waals surface area (Å²) in [5, 5.41) is 23.4. The summed E-state index contributed by atoms with van der Waals surface area (Å²) in [7, 11) is 0. The summed E-state index contributed by atoms with van der Waals surface area (Å²) < 4.78 is 5.53. The van der Waals surface area contributed by atoms with Crippen molar-refractivity contribution in [2.24, 2.45) is 0 Å². The predicted octanol–water partition coefficient (Wildman–Crippen LogP) is 3.54. The summed E-state index contributed by atoms with van der Waals surface area (Å²) in [6.07, 6.45) is -0.661.